The second kappa shape index (κ2) is 13.5. The molecule has 2 N–H and O–H groups in total. The number of rotatable bonds is 5. The third kappa shape index (κ3) is 5.41. The Morgan fingerprint density at radius 2 is 0.754 bits per heavy atom. The van der Waals surface area contributed by atoms with E-state index in [9.17, 15) is 0 Å². The zero-order valence-corrected chi connectivity index (χ0v) is 34.6. The maximum atomic E-state index is 6.55. The van der Waals surface area contributed by atoms with E-state index < -0.39 is 0 Å². The molecule has 5 aromatic heterocycles. The molecule has 0 aliphatic heterocycles. The van der Waals surface area contributed by atoms with Crippen molar-refractivity contribution >= 4 is 93.4 Å². The van der Waals surface area contributed by atoms with Crippen molar-refractivity contribution in [1.82, 2.24) is 24.1 Å². The minimum Gasteiger partial charge on any atom is -0.456 e. The number of hydrogen-bond donors (Lipinski definition) is 1. The standard InChI is InChI=1S/C57H34N6O2/c58-56-59-55(60-57(61-56)63-48-14-6-2-10-40(48)42-26-20-37(32-50(42)63)35-22-28-54-46(30-35)44-12-4-8-16-52(44)65-54)33-17-23-38(24-18-33)62-47-13-5-1-9-39(47)41-25-19-36(31-49(41)62)34-21-27-53-45(29-34)43-11-3-7-15-51(43)64-53/h1-32H,(H2,58,59,60,61). The zero-order valence-electron chi connectivity index (χ0n) is 34.6. The number of aromatic nitrogens is 5. The van der Waals surface area contributed by atoms with E-state index in [1.54, 1.807) is 0 Å². The minimum atomic E-state index is 0.144. The SMILES string of the molecule is Nc1nc(-c2ccc(-n3c4ccccc4c4ccc(-c5ccc6oc7ccccc7c6c5)cc43)cc2)nc(-n2c3ccccc3c3ccc(-c4ccc5oc6ccccc6c5c4)cc32)n1. The first-order valence-electron chi connectivity index (χ1n) is 21.6. The number of nitrogen functional groups attached to an aromatic ring is 1. The predicted octanol–water partition coefficient (Wildman–Crippen LogP) is 14.4. The number of nitrogens with zero attached hydrogens (tertiary/aromatic N) is 5. The number of fused-ring (bicyclic) bond motifs is 12. The van der Waals surface area contributed by atoms with Crippen LogP contribution in [0.25, 0.3) is 133 Å². The van der Waals surface area contributed by atoms with Gasteiger partial charge in [-0.25, -0.2) is 0 Å². The van der Waals surface area contributed by atoms with E-state index in [1.165, 1.54) is 10.8 Å². The Hall–Kier alpha value is -9.01. The lowest BCUT2D eigenvalue weighted by Crippen LogP contribution is -2.07. The molecule has 0 unspecified atom stereocenters. The van der Waals surface area contributed by atoms with Crippen molar-refractivity contribution in [3.8, 4) is 45.3 Å². The van der Waals surface area contributed by atoms with Crippen LogP contribution in [0.5, 0.6) is 0 Å². The lowest BCUT2D eigenvalue weighted by Gasteiger charge is -2.11. The van der Waals surface area contributed by atoms with E-state index in [0.29, 0.717) is 11.8 Å². The van der Waals surface area contributed by atoms with Crippen molar-refractivity contribution in [1.29, 1.82) is 0 Å². The van der Waals surface area contributed by atoms with Gasteiger partial charge in [0.2, 0.25) is 11.9 Å². The second-order valence-electron chi connectivity index (χ2n) is 16.7. The molecule has 9 aromatic carbocycles. The summed E-state index contributed by atoms with van der Waals surface area (Å²) in [5.74, 6) is 1.09. The molecule has 0 atom stereocenters. The number of anilines is 1. The number of para-hydroxylation sites is 4. The largest absolute Gasteiger partial charge is 0.456 e. The van der Waals surface area contributed by atoms with Crippen molar-refractivity contribution in [2.75, 3.05) is 5.73 Å². The van der Waals surface area contributed by atoms with Crippen LogP contribution in [0.4, 0.5) is 5.95 Å². The fourth-order valence-electron chi connectivity index (χ4n) is 9.97. The van der Waals surface area contributed by atoms with Crippen LogP contribution in [-0.4, -0.2) is 24.1 Å². The number of furan rings is 2. The van der Waals surface area contributed by atoms with Crippen LogP contribution in [-0.2, 0) is 0 Å². The third-order valence-electron chi connectivity index (χ3n) is 13.0. The molecule has 8 heteroatoms. The van der Waals surface area contributed by atoms with Crippen LogP contribution >= 0.6 is 0 Å². The Balaban J connectivity index is 0.871. The predicted molar refractivity (Wildman–Crippen MR) is 264 cm³/mol. The number of hydrogen-bond acceptors (Lipinski definition) is 6. The van der Waals surface area contributed by atoms with E-state index in [4.69, 9.17) is 24.5 Å². The lowest BCUT2D eigenvalue weighted by molar-refractivity contribution is 0.668. The number of nitrogens with two attached hydrogens (primary N) is 1. The van der Waals surface area contributed by atoms with Gasteiger partial charge in [-0.1, -0.05) is 109 Å². The van der Waals surface area contributed by atoms with Gasteiger partial charge in [-0.2, -0.15) is 15.0 Å². The van der Waals surface area contributed by atoms with E-state index in [-0.39, 0.29) is 5.95 Å². The Kier molecular flexibility index (Phi) is 7.38. The van der Waals surface area contributed by atoms with Gasteiger partial charge in [-0.15, -0.1) is 0 Å². The molecule has 0 amide bonds. The fraction of sp³-hybridized carbons (Fsp3) is 0. The average Bonchev–Trinajstić information content (AvgIpc) is 4.10. The van der Waals surface area contributed by atoms with Crippen LogP contribution in [0.1, 0.15) is 0 Å². The molecule has 5 heterocycles. The van der Waals surface area contributed by atoms with Gasteiger partial charge in [0, 0.05) is 54.3 Å². The fourth-order valence-corrected chi connectivity index (χ4v) is 9.97. The molecule has 304 valence electrons. The summed E-state index contributed by atoms with van der Waals surface area (Å²) in [6, 6.07) is 67.8. The van der Waals surface area contributed by atoms with E-state index in [1.807, 2.05) is 36.4 Å². The Bertz CT molecular complexity index is 4270. The van der Waals surface area contributed by atoms with E-state index in [2.05, 4.69) is 172 Å². The van der Waals surface area contributed by atoms with Gasteiger partial charge >= 0.3 is 0 Å². The minimum absolute atomic E-state index is 0.144. The molecule has 0 saturated carbocycles. The lowest BCUT2D eigenvalue weighted by atomic mass is 10.0. The molecule has 0 spiro atoms. The summed E-state index contributed by atoms with van der Waals surface area (Å²) in [4.78, 5) is 14.6. The van der Waals surface area contributed by atoms with Crippen molar-refractivity contribution in [2.45, 2.75) is 0 Å². The van der Waals surface area contributed by atoms with Crippen LogP contribution in [0.3, 0.4) is 0 Å². The molecule has 65 heavy (non-hydrogen) atoms. The molecule has 0 saturated heterocycles. The van der Waals surface area contributed by atoms with Crippen LogP contribution in [0, 0.1) is 0 Å². The topological polar surface area (TPSA) is 101 Å². The smallest absolute Gasteiger partial charge is 0.240 e. The van der Waals surface area contributed by atoms with Crippen LogP contribution < -0.4 is 5.73 Å². The molecule has 0 aliphatic carbocycles. The summed E-state index contributed by atoms with van der Waals surface area (Å²) in [5.41, 5.74) is 20.5. The average molecular weight is 835 g/mol. The first-order valence-corrected chi connectivity index (χ1v) is 21.6. The molecule has 0 fully saturated rings. The van der Waals surface area contributed by atoms with Gasteiger partial charge in [0.05, 0.1) is 22.1 Å². The summed E-state index contributed by atoms with van der Waals surface area (Å²) >= 11 is 0. The van der Waals surface area contributed by atoms with Gasteiger partial charge in [0.15, 0.2) is 5.82 Å². The van der Waals surface area contributed by atoms with Crippen molar-refractivity contribution in [3.05, 3.63) is 194 Å². The van der Waals surface area contributed by atoms with Gasteiger partial charge in [0.25, 0.3) is 0 Å². The van der Waals surface area contributed by atoms with Crippen LogP contribution in [0.2, 0.25) is 0 Å². The monoisotopic (exact) mass is 834 g/mol. The normalized spacial score (nSPS) is 12.1. The van der Waals surface area contributed by atoms with Crippen molar-refractivity contribution in [3.63, 3.8) is 0 Å². The molecular formula is C57H34N6O2. The first kappa shape index (κ1) is 35.6. The Labute approximate surface area is 370 Å². The molecule has 14 rings (SSSR count). The van der Waals surface area contributed by atoms with Crippen molar-refractivity contribution < 1.29 is 8.83 Å². The quantitative estimate of drug-likeness (QED) is 0.185. The zero-order chi connectivity index (χ0) is 42.8. The summed E-state index contributed by atoms with van der Waals surface area (Å²) in [6.45, 7) is 0. The summed E-state index contributed by atoms with van der Waals surface area (Å²) in [5, 5.41) is 8.96. The van der Waals surface area contributed by atoms with E-state index >= 15 is 0 Å². The van der Waals surface area contributed by atoms with Gasteiger partial charge in [-0.05, 0) is 107 Å². The molecule has 14 aromatic rings. The molecule has 0 bridgehead atoms. The maximum Gasteiger partial charge on any atom is 0.240 e. The highest BCUT2D eigenvalue weighted by atomic mass is 16.3. The van der Waals surface area contributed by atoms with Crippen molar-refractivity contribution in [2.24, 2.45) is 0 Å². The summed E-state index contributed by atoms with van der Waals surface area (Å²) < 4.78 is 16.7. The molecule has 0 radical (unpaired) electrons. The highest BCUT2D eigenvalue weighted by molar-refractivity contribution is 6.12. The highest BCUT2D eigenvalue weighted by Gasteiger charge is 2.19. The van der Waals surface area contributed by atoms with Gasteiger partial charge in [0.1, 0.15) is 22.3 Å². The summed E-state index contributed by atoms with van der Waals surface area (Å²) in [6.07, 6.45) is 0. The Morgan fingerprint density at radius 3 is 1.34 bits per heavy atom. The first-order chi connectivity index (χ1) is 32.1. The molecule has 0 aliphatic rings. The number of benzene rings is 9. The Morgan fingerprint density at radius 1 is 0.323 bits per heavy atom. The summed E-state index contributed by atoms with van der Waals surface area (Å²) in [7, 11) is 0. The maximum absolute atomic E-state index is 6.55. The van der Waals surface area contributed by atoms with Gasteiger partial charge in [-0.3, -0.25) is 4.57 Å². The molecule has 8 nitrogen and oxygen atoms in total. The molecular weight excluding hydrogens is 801 g/mol. The van der Waals surface area contributed by atoms with Gasteiger partial charge < -0.3 is 19.1 Å². The van der Waals surface area contributed by atoms with E-state index in [0.717, 1.165) is 110 Å². The van der Waals surface area contributed by atoms with Crippen LogP contribution in [0.15, 0.2) is 203 Å². The highest BCUT2D eigenvalue weighted by Crippen LogP contribution is 2.39. The third-order valence-corrected chi connectivity index (χ3v) is 13.0. The second-order valence-corrected chi connectivity index (χ2v) is 16.7.